The van der Waals surface area contributed by atoms with Gasteiger partial charge in [0.05, 0.1) is 0 Å². The average Bonchev–Trinajstić information content (AvgIpc) is 0.920. The maximum Gasteiger partial charge on any atom is 0.221 e. The van der Waals surface area contributed by atoms with E-state index >= 15 is 0 Å². The molecule has 0 aliphatic rings. The second kappa shape index (κ2) is 114. The van der Waals surface area contributed by atoms with E-state index in [1.54, 1.807) is 0 Å². The second-order valence-electron chi connectivity index (χ2n) is 42.5. The zero-order valence-corrected chi connectivity index (χ0v) is 92.6. The third-order valence-electron chi connectivity index (χ3n) is 29.2. The van der Waals surface area contributed by atoms with Crippen LogP contribution in [0.25, 0.3) is 0 Å². The van der Waals surface area contributed by atoms with Crippen LogP contribution in [0.5, 0.6) is 0 Å². The van der Waals surface area contributed by atoms with Crippen LogP contribution in [0, 0.1) is 0 Å². The lowest BCUT2D eigenvalue weighted by Crippen LogP contribution is -2.45. The van der Waals surface area contributed by atoms with E-state index in [0.717, 1.165) is 77.0 Å². The van der Waals surface area contributed by atoms with Crippen LogP contribution < -0.4 is 31.9 Å². The van der Waals surface area contributed by atoms with E-state index in [1.165, 1.54) is 462 Å². The molecule has 0 heterocycles. The molecular weight excluding hydrogens is 1680 g/mol. The van der Waals surface area contributed by atoms with E-state index in [-0.39, 0.29) is 35.4 Å². The van der Waals surface area contributed by atoms with Crippen LogP contribution in [0.3, 0.4) is 0 Å². The predicted octanol–water partition coefficient (Wildman–Crippen LogP) is 32.1. The van der Waals surface area contributed by atoms with Gasteiger partial charge in [-0.2, -0.15) is 0 Å². The quantitative estimate of drug-likeness (QED) is 0.0320. The molecule has 806 valence electrons. The molecule has 0 radical (unpaired) electrons. The molecule has 0 spiro atoms. The van der Waals surface area contributed by atoms with Gasteiger partial charge in [0.1, 0.15) is 0 Å². The summed E-state index contributed by atoms with van der Waals surface area (Å²) < 4.78 is 0. The first kappa shape index (κ1) is 133. The van der Waals surface area contributed by atoms with E-state index in [0.29, 0.717) is 156 Å². The molecule has 0 saturated carbocycles. The van der Waals surface area contributed by atoms with Crippen molar-refractivity contribution < 1.29 is 28.8 Å². The number of unbranched alkanes of at least 4 members (excludes halogenated alkanes) is 78. The first-order valence-corrected chi connectivity index (χ1v) is 61.5. The first-order chi connectivity index (χ1) is 67.0. The van der Waals surface area contributed by atoms with Crippen LogP contribution in [-0.2, 0) is 28.8 Å². The summed E-state index contributed by atoms with van der Waals surface area (Å²) in [5, 5.41) is 19.7. The maximum atomic E-state index is 14.0. The highest BCUT2D eigenvalue weighted by Crippen LogP contribution is 2.22. The summed E-state index contributed by atoms with van der Waals surface area (Å²) >= 11 is 0. The Morgan fingerprint density at radius 2 is 0.199 bits per heavy atom. The van der Waals surface area contributed by atoms with Crippen LogP contribution >= 0.6 is 0 Å². The van der Waals surface area contributed by atoms with Crippen molar-refractivity contribution in [3.05, 3.63) is 0 Å². The molecule has 16 nitrogen and oxygen atoms in total. The molecule has 0 atom stereocenters. The standard InChI is InChI=1S/C120H240N10O6/c1-7-13-19-25-31-37-43-49-55-61-67-73-79-85-97-121-115(131)91-103-127(104-92-116(132)122-98-86-80-74-68-62-56-50-44-38-32-26-20-14-8-2)109-111-129(107-95-119(135)125-101-89-83-77-71-65-59-53-47-41-35-29-23-17-11-5)113-114-130(108-96-120(136)126-102-90-84-78-72-66-60-54-48-42-36-30-24-18-12-6)112-110-128(105-93-117(133)123-99-87-81-75-69-63-57-51-45-39-33-27-21-15-9-3)106-94-118(134)124-100-88-82-76-70-64-58-52-46-40-34-28-22-16-10-4/h7-114H2,1-6H3,(H,121,131)(H,122,132)(H,123,133)(H,124,134)(H,125,135)(H,126,136). The molecule has 0 bridgehead atoms. The molecule has 136 heavy (non-hydrogen) atoms. The Bertz CT molecular complexity index is 2180. The predicted molar refractivity (Wildman–Crippen MR) is 593 cm³/mol. The summed E-state index contributed by atoms with van der Waals surface area (Å²) in [6, 6.07) is 0. The minimum atomic E-state index is 0.0595. The van der Waals surface area contributed by atoms with E-state index in [9.17, 15) is 28.8 Å². The summed E-state index contributed by atoms with van der Waals surface area (Å²) in [4.78, 5) is 92.8. The molecule has 0 rings (SSSR count). The smallest absolute Gasteiger partial charge is 0.221 e. The van der Waals surface area contributed by atoms with Gasteiger partial charge in [0, 0.05) is 156 Å². The fraction of sp³-hybridized carbons (Fsp3) is 0.950. The fourth-order valence-corrected chi connectivity index (χ4v) is 19.6. The van der Waals surface area contributed by atoms with Crippen LogP contribution in [0.1, 0.15) is 619 Å². The number of carbonyl (C=O) groups is 6. The van der Waals surface area contributed by atoms with Crippen molar-refractivity contribution in [2.24, 2.45) is 0 Å². The number of amides is 6. The van der Waals surface area contributed by atoms with Gasteiger partial charge in [0.25, 0.3) is 0 Å². The van der Waals surface area contributed by atoms with Crippen LogP contribution in [0.15, 0.2) is 0 Å². The van der Waals surface area contributed by atoms with E-state index in [4.69, 9.17) is 0 Å². The molecule has 0 aliphatic carbocycles. The Morgan fingerprint density at radius 3 is 0.294 bits per heavy atom. The normalized spacial score (nSPS) is 11.7. The maximum absolute atomic E-state index is 14.0. The Balaban J connectivity index is 6.90. The number of rotatable bonds is 117. The third-order valence-corrected chi connectivity index (χ3v) is 29.2. The molecule has 0 unspecified atom stereocenters. The third kappa shape index (κ3) is 106. The van der Waals surface area contributed by atoms with Crippen molar-refractivity contribution >= 4 is 35.4 Å². The van der Waals surface area contributed by atoms with Gasteiger partial charge in [0.2, 0.25) is 35.4 Å². The van der Waals surface area contributed by atoms with Crippen molar-refractivity contribution in [1.82, 2.24) is 51.5 Å². The number of nitrogens with zero attached hydrogens (tertiary/aromatic N) is 4. The van der Waals surface area contributed by atoms with Crippen molar-refractivity contribution in [2.75, 3.05) is 118 Å². The van der Waals surface area contributed by atoms with Crippen LogP contribution in [0.2, 0.25) is 0 Å². The first-order valence-electron chi connectivity index (χ1n) is 61.5. The lowest BCUT2D eigenvalue weighted by atomic mass is 10.0. The highest BCUT2D eigenvalue weighted by molar-refractivity contribution is 5.78. The number of hydrogen-bond donors (Lipinski definition) is 6. The van der Waals surface area contributed by atoms with Gasteiger partial charge in [-0.25, -0.2) is 0 Å². The minimum absolute atomic E-state index is 0.0595. The molecule has 0 aromatic carbocycles. The molecule has 6 amide bonds. The van der Waals surface area contributed by atoms with E-state index < -0.39 is 0 Å². The summed E-state index contributed by atoms with van der Waals surface area (Å²) in [6.45, 7) is 25.0. The average molecular weight is 1920 g/mol. The van der Waals surface area contributed by atoms with Crippen molar-refractivity contribution in [3.8, 4) is 0 Å². The molecule has 0 aromatic heterocycles. The summed E-state index contributed by atoms with van der Waals surface area (Å²) in [5.41, 5.74) is 0. The number of nitrogens with one attached hydrogen (secondary N) is 6. The molecular formula is C120H240N10O6. The highest BCUT2D eigenvalue weighted by Gasteiger charge is 2.20. The van der Waals surface area contributed by atoms with E-state index in [2.05, 4.69) is 93.0 Å². The van der Waals surface area contributed by atoms with Crippen molar-refractivity contribution in [3.63, 3.8) is 0 Å². The largest absolute Gasteiger partial charge is 0.356 e. The van der Waals surface area contributed by atoms with Gasteiger partial charge in [-0.15, -0.1) is 0 Å². The van der Waals surface area contributed by atoms with Gasteiger partial charge < -0.3 is 51.5 Å². The van der Waals surface area contributed by atoms with E-state index in [1.807, 2.05) is 0 Å². The van der Waals surface area contributed by atoms with Crippen molar-refractivity contribution in [2.45, 2.75) is 619 Å². The molecule has 0 aromatic rings. The molecule has 16 heteroatoms. The second-order valence-corrected chi connectivity index (χ2v) is 42.5. The Hall–Kier alpha value is -3.34. The molecule has 0 aliphatic heterocycles. The number of carbonyl (C=O) groups excluding carboxylic acids is 6. The zero-order chi connectivity index (χ0) is 98.4. The van der Waals surface area contributed by atoms with Crippen molar-refractivity contribution in [1.29, 1.82) is 0 Å². The fourth-order valence-electron chi connectivity index (χ4n) is 19.6. The van der Waals surface area contributed by atoms with Gasteiger partial charge in [-0.1, -0.05) is 542 Å². The lowest BCUT2D eigenvalue weighted by molar-refractivity contribution is -0.123. The van der Waals surface area contributed by atoms with Gasteiger partial charge in [-0.3, -0.25) is 28.8 Å². The summed E-state index contributed by atoms with van der Waals surface area (Å²) in [6.07, 6.45) is 111. The number of hydrogen-bond acceptors (Lipinski definition) is 10. The Morgan fingerprint density at radius 1 is 0.118 bits per heavy atom. The monoisotopic (exact) mass is 1920 g/mol. The zero-order valence-electron chi connectivity index (χ0n) is 92.6. The lowest BCUT2D eigenvalue weighted by Gasteiger charge is -2.31. The van der Waals surface area contributed by atoms with Gasteiger partial charge in [0.15, 0.2) is 0 Å². The SMILES string of the molecule is CCCCCCCCCCCCCCCCNC(=O)CCN(CCC(=O)NCCCCCCCCCCCCCCCC)CCN(CCC(=O)NCCCCCCCCCCCCCCCC)CCN(CCC(=O)NCCCCCCCCCCCCCCCC)CCN(CCC(=O)NCCCCCCCCCCCCCCCC)CCC(=O)NCCCCCCCCCCCCCCCC. The molecule has 0 fully saturated rings. The van der Waals surface area contributed by atoms with Crippen LogP contribution in [0.4, 0.5) is 0 Å². The summed E-state index contributed by atoms with van der Waals surface area (Å²) in [7, 11) is 0. The Labute approximate surface area is 847 Å². The van der Waals surface area contributed by atoms with Gasteiger partial charge in [-0.05, 0) is 38.5 Å². The Kier molecular flexibility index (Phi) is 111. The minimum Gasteiger partial charge on any atom is -0.356 e. The topological polar surface area (TPSA) is 188 Å². The van der Waals surface area contributed by atoms with Crippen LogP contribution in [-0.4, -0.2) is 173 Å². The summed E-state index contributed by atoms with van der Waals surface area (Å²) in [5.74, 6) is 0.373. The molecule has 0 saturated heterocycles. The highest BCUT2D eigenvalue weighted by atomic mass is 16.2. The molecule has 6 N–H and O–H groups in total. The van der Waals surface area contributed by atoms with Gasteiger partial charge >= 0.3 is 0 Å².